The molecular formula is C19H19N3O3. The highest BCUT2D eigenvalue weighted by Crippen LogP contribution is 2.20. The van der Waals surface area contributed by atoms with Crippen LogP contribution in [0.1, 0.15) is 28.9 Å². The van der Waals surface area contributed by atoms with Crippen molar-refractivity contribution in [1.82, 2.24) is 15.1 Å². The molecule has 6 heteroatoms. The van der Waals surface area contributed by atoms with Gasteiger partial charge in [-0.15, -0.1) is 0 Å². The summed E-state index contributed by atoms with van der Waals surface area (Å²) in [5, 5.41) is 18.8. The normalized spacial score (nSPS) is 12.1. The molecule has 25 heavy (non-hydrogen) atoms. The first-order chi connectivity index (χ1) is 12.1. The van der Waals surface area contributed by atoms with Gasteiger partial charge in [-0.25, -0.2) is 0 Å². The number of fused-ring (bicyclic) bond motifs is 1. The molecule has 3 rings (SSSR count). The van der Waals surface area contributed by atoms with E-state index in [0.29, 0.717) is 12.1 Å². The maximum atomic E-state index is 12.1. The van der Waals surface area contributed by atoms with Crippen LogP contribution in [0, 0.1) is 0 Å². The average Bonchev–Trinajstić information content (AvgIpc) is 3.14. The Balaban J connectivity index is 1.63. The molecule has 0 aliphatic carbocycles. The number of benzene rings is 2. The maximum absolute atomic E-state index is 12.1. The van der Waals surface area contributed by atoms with Crippen LogP contribution in [0.2, 0.25) is 0 Å². The molecule has 0 fully saturated rings. The molecule has 1 unspecified atom stereocenters. The highest BCUT2D eigenvalue weighted by Gasteiger charge is 2.19. The number of nitrogens with one attached hydrogen (secondary N) is 1. The molecule has 1 heterocycles. The SMILES string of the molecule is CCn1cc(C(=O)C(=O)NCC(O)c2ccc3ccccc3c2)cn1. The summed E-state index contributed by atoms with van der Waals surface area (Å²) >= 11 is 0. The Bertz CT molecular complexity index is 917. The minimum absolute atomic E-state index is 0.0369. The predicted octanol–water partition coefficient (Wildman–Crippen LogP) is 2.09. The van der Waals surface area contributed by atoms with Gasteiger partial charge in [-0.3, -0.25) is 14.3 Å². The smallest absolute Gasteiger partial charge is 0.292 e. The number of carbonyl (C=O) groups excluding carboxylic acids is 2. The third kappa shape index (κ3) is 3.75. The van der Waals surface area contributed by atoms with Gasteiger partial charge in [0.05, 0.1) is 17.9 Å². The lowest BCUT2D eigenvalue weighted by molar-refractivity contribution is -0.117. The van der Waals surface area contributed by atoms with Crippen molar-refractivity contribution < 1.29 is 14.7 Å². The van der Waals surface area contributed by atoms with Crippen LogP contribution in [-0.2, 0) is 11.3 Å². The zero-order chi connectivity index (χ0) is 17.8. The molecular weight excluding hydrogens is 318 g/mol. The number of aliphatic hydroxyl groups excluding tert-OH is 1. The number of ketones is 1. The van der Waals surface area contributed by atoms with Crippen molar-refractivity contribution in [1.29, 1.82) is 0 Å². The first kappa shape index (κ1) is 16.9. The molecule has 0 aliphatic heterocycles. The van der Waals surface area contributed by atoms with Gasteiger partial charge >= 0.3 is 0 Å². The summed E-state index contributed by atoms with van der Waals surface area (Å²) in [7, 11) is 0. The number of Topliss-reactive ketones (excluding diaryl/α,β-unsaturated/α-hetero) is 1. The van der Waals surface area contributed by atoms with Gasteiger partial charge in [0, 0.05) is 19.3 Å². The summed E-state index contributed by atoms with van der Waals surface area (Å²) in [5.41, 5.74) is 0.921. The molecule has 2 N–H and O–H groups in total. The number of carbonyl (C=O) groups is 2. The Morgan fingerprint density at radius 3 is 2.68 bits per heavy atom. The highest BCUT2D eigenvalue weighted by atomic mass is 16.3. The predicted molar refractivity (Wildman–Crippen MR) is 94.1 cm³/mol. The van der Waals surface area contributed by atoms with E-state index in [4.69, 9.17) is 0 Å². The molecule has 0 aliphatic rings. The summed E-state index contributed by atoms with van der Waals surface area (Å²) in [6, 6.07) is 13.4. The second-order valence-corrected chi connectivity index (χ2v) is 5.75. The van der Waals surface area contributed by atoms with Gasteiger partial charge in [0.15, 0.2) is 0 Å². The molecule has 1 amide bonds. The number of rotatable bonds is 6. The lowest BCUT2D eigenvalue weighted by Gasteiger charge is -2.12. The zero-order valence-electron chi connectivity index (χ0n) is 13.8. The van der Waals surface area contributed by atoms with Crippen molar-refractivity contribution in [3.8, 4) is 0 Å². The second kappa shape index (κ2) is 7.27. The molecule has 0 saturated heterocycles. The highest BCUT2D eigenvalue weighted by molar-refractivity contribution is 6.42. The number of nitrogens with zero attached hydrogens (tertiary/aromatic N) is 2. The monoisotopic (exact) mass is 337 g/mol. The number of hydrogen-bond donors (Lipinski definition) is 2. The molecule has 0 saturated carbocycles. The van der Waals surface area contributed by atoms with Crippen LogP contribution in [0.25, 0.3) is 10.8 Å². The standard InChI is InChI=1S/C19H19N3O3/c1-2-22-12-16(10-21-22)18(24)19(25)20-11-17(23)15-8-7-13-5-3-4-6-14(13)9-15/h3-10,12,17,23H,2,11H2,1H3,(H,20,25). The molecule has 0 spiro atoms. The fraction of sp³-hybridized carbons (Fsp3) is 0.211. The summed E-state index contributed by atoms with van der Waals surface area (Å²) < 4.78 is 1.57. The van der Waals surface area contributed by atoms with Gasteiger partial charge in [0.2, 0.25) is 0 Å². The van der Waals surface area contributed by atoms with Crippen LogP contribution in [-0.4, -0.2) is 33.1 Å². The Hall–Kier alpha value is -2.99. The molecule has 128 valence electrons. The van der Waals surface area contributed by atoms with Crippen LogP contribution >= 0.6 is 0 Å². The van der Waals surface area contributed by atoms with Crippen LogP contribution in [0.15, 0.2) is 54.9 Å². The van der Waals surface area contributed by atoms with E-state index in [1.54, 1.807) is 4.68 Å². The van der Waals surface area contributed by atoms with Gasteiger partial charge in [-0.05, 0) is 29.3 Å². The summed E-state index contributed by atoms with van der Waals surface area (Å²) in [4.78, 5) is 24.0. The minimum Gasteiger partial charge on any atom is -0.387 e. The minimum atomic E-state index is -0.889. The van der Waals surface area contributed by atoms with Gasteiger partial charge in [-0.2, -0.15) is 5.10 Å². The largest absolute Gasteiger partial charge is 0.387 e. The molecule has 1 aromatic heterocycles. The molecule has 2 aromatic carbocycles. The van der Waals surface area contributed by atoms with Crippen molar-refractivity contribution in [3.63, 3.8) is 0 Å². The van der Waals surface area contributed by atoms with Crippen LogP contribution < -0.4 is 5.32 Å². The van der Waals surface area contributed by atoms with Crippen molar-refractivity contribution >= 4 is 22.5 Å². The van der Waals surface area contributed by atoms with E-state index in [-0.39, 0.29) is 12.1 Å². The zero-order valence-corrected chi connectivity index (χ0v) is 13.8. The van der Waals surface area contributed by atoms with E-state index in [1.807, 2.05) is 49.4 Å². The van der Waals surface area contributed by atoms with Crippen molar-refractivity contribution in [2.24, 2.45) is 0 Å². The van der Waals surface area contributed by atoms with Crippen molar-refractivity contribution in [2.45, 2.75) is 19.6 Å². The molecule has 0 bridgehead atoms. The van der Waals surface area contributed by atoms with Crippen molar-refractivity contribution in [2.75, 3.05) is 6.54 Å². The Labute approximate surface area is 145 Å². The number of aryl methyl sites for hydroxylation is 1. The third-order valence-electron chi connectivity index (χ3n) is 4.04. The lowest BCUT2D eigenvalue weighted by Crippen LogP contribution is -2.34. The lowest BCUT2D eigenvalue weighted by atomic mass is 10.0. The number of aliphatic hydroxyl groups is 1. The van der Waals surface area contributed by atoms with Gasteiger partial charge in [0.1, 0.15) is 0 Å². The van der Waals surface area contributed by atoms with Crippen LogP contribution in [0.3, 0.4) is 0 Å². The van der Waals surface area contributed by atoms with E-state index < -0.39 is 17.8 Å². The van der Waals surface area contributed by atoms with Crippen molar-refractivity contribution in [3.05, 3.63) is 66.0 Å². The van der Waals surface area contributed by atoms with E-state index in [0.717, 1.165) is 10.8 Å². The van der Waals surface area contributed by atoms with Gasteiger partial charge in [-0.1, -0.05) is 36.4 Å². The first-order valence-corrected chi connectivity index (χ1v) is 8.10. The average molecular weight is 337 g/mol. The Kier molecular flexibility index (Phi) is 4.90. The Morgan fingerprint density at radius 1 is 1.20 bits per heavy atom. The van der Waals surface area contributed by atoms with E-state index in [1.165, 1.54) is 12.4 Å². The van der Waals surface area contributed by atoms with E-state index in [9.17, 15) is 14.7 Å². The first-order valence-electron chi connectivity index (χ1n) is 8.10. The van der Waals surface area contributed by atoms with Gasteiger partial charge < -0.3 is 10.4 Å². The number of aromatic nitrogens is 2. The Morgan fingerprint density at radius 2 is 1.96 bits per heavy atom. The van der Waals surface area contributed by atoms with E-state index in [2.05, 4.69) is 10.4 Å². The van der Waals surface area contributed by atoms with Crippen LogP contribution in [0.4, 0.5) is 0 Å². The van der Waals surface area contributed by atoms with Crippen LogP contribution in [0.5, 0.6) is 0 Å². The summed E-state index contributed by atoms with van der Waals surface area (Å²) in [6.07, 6.45) is 2.01. The van der Waals surface area contributed by atoms with E-state index >= 15 is 0 Å². The topological polar surface area (TPSA) is 84.2 Å². The molecule has 6 nitrogen and oxygen atoms in total. The molecule has 1 atom stereocenters. The third-order valence-corrected chi connectivity index (χ3v) is 4.04. The number of amides is 1. The molecule has 0 radical (unpaired) electrons. The quantitative estimate of drug-likeness (QED) is 0.533. The molecule has 3 aromatic rings. The summed E-state index contributed by atoms with van der Waals surface area (Å²) in [5.74, 6) is -1.42. The fourth-order valence-electron chi connectivity index (χ4n) is 2.59. The van der Waals surface area contributed by atoms with Gasteiger partial charge in [0.25, 0.3) is 11.7 Å². The maximum Gasteiger partial charge on any atom is 0.292 e. The fourth-order valence-corrected chi connectivity index (χ4v) is 2.59. The number of hydrogen-bond acceptors (Lipinski definition) is 4. The summed E-state index contributed by atoms with van der Waals surface area (Å²) in [6.45, 7) is 2.47. The second-order valence-electron chi connectivity index (χ2n) is 5.75.